The third kappa shape index (κ3) is 2.62. The lowest BCUT2D eigenvalue weighted by atomic mass is 10.3. The molecule has 1 aromatic heterocycles. The number of nitrogens with zero attached hydrogens (tertiary/aromatic N) is 3. The van der Waals surface area contributed by atoms with Crippen molar-refractivity contribution in [2.45, 2.75) is 38.0 Å². The Labute approximate surface area is 108 Å². The van der Waals surface area contributed by atoms with Crippen LogP contribution in [0.25, 0.3) is 0 Å². The van der Waals surface area contributed by atoms with E-state index < -0.39 is 0 Å². The molecule has 2 heterocycles. The van der Waals surface area contributed by atoms with E-state index in [1.807, 2.05) is 6.20 Å². The first-order valence-electron chi connectivity index (χ1n) is 6.67. The van der Waals surface area contributed by atoms with Gasteiger partial charge in [-0.15, -0.1) is 0 Å². The van der Waals surface area contributed by atoms with E-state index in [0.29, 0.717) is 12.1 Å². The van der Waals surface area contributed by atoms with Crippen LogP contribution in [0.15, 0.2) is 12.5 Å². The van der Waals surface area contributed by atoms with E-state index >= 15 is 0 Å². The Morgan fingerprint density at radius 3 is 3.06 bits per heavy atom. The van der Waals surface area contributed by atoms with E-state index in [1.165, 1.54) is 18.4 Å². The van der Waals surface area contributed by atoms with Crippen LogP contribution in [0.4, 0.5) is 5.82 Å². The summed E-state index contributed by atoms with van der Waals surface area (Å²) in [6.07, 6.45) is 7.59. The van der Waals surface area contributed by atoms with Crippen molar-refractivity contribution < 1.29 is 4.74 Å². The molecule has 0 aromatic carbocycles. The molecule has 1 aromatic rings. The van der Waals surface area contributed by atoms with Gasteiger partial charge in [0.1, 0.15) is 12.1 Å². The molecule has 5 heteroatoms. The fraction of sp³-hybridized carbons (Fsp3) is 0.692. The van der Waals surface area contributed by atoms with Gasteiger partial charge >= 0.3 is 0 Å². The maximum atomic E-state index is 5.41. The highest BCUT2D eigenvalue weighted by molar-refractivity contribution is 5.46. The van der Waals surface area contributed by atoms with Gasteiger partial charge in [0.05, 0.1) is 6.10 Å². The SMILES string of the molecule is COC1CCN(c2ncncc2CNC2CC2)C1. The average Bonchev–Trinajstić information content (AvgIpc) is 3.12. The predicted molar refractivity (Wildman–Crippen MR) is 69.5 cm³/mol. The monoisotopic (exact) mass is 248 g/mol. The largest absolute Gasteiger partial charge is 0.380 e. The molecule has 0 radical (unpaired) electrons. The van der Waals surface area contributed by atoms with Crippen molar-refractivity contribution in [2.75, 3.05) is 25.1 Å². The van der Waals surface area contributed by atoms with Crippen LogP contribution in [0.5, 0.6) is 0 Å². The average molecular weight is 248 g/mol. The molecule has 0 amide bonds. The van der Waals surface area contributed by atoms with E-state index in [2.05, 4.69) is 20.2 Å². The minimum Gasteiger partial charge on any atom is -0.380 e. The molecule has 1 saturated carbocycles. The summed E-state index contributed by atoms with van der Waals surface area (Å²) in [6.45, 7) is 2.82. The molecule has 1 aliphatic heterocycles. The second-order valence-corrected chi connectivity index (χ2v) is 5.12. The molecule has 1 N–H and O–H groups in total. The fourth-order valence-electron chi connectivity index (χ4n) is 2.42. The first kappa shape index (κ1) is 11.9. The molecule has 2 aliphatic rings. The molecule has 2 fully saturated rings. The van der Waals surface area contributed by atoms with Crippen molar-refractivity contribution in [3.05, 3.63) is 18.1 Å². The molecule has 5 nitrogen and oxygen atoms in total. The molecule has 18 heavy (non-hydrogen) atoms. The quantitative estimate of drug-likeness (QED) is 0.841. The van der Waals surface area contributed by atoms with Gasteiger partial charge in [-0.2, -0.15) is 0 Å². The Kier molecular flexibility index (Phi) is 3.43. The van der Waals surface area contributed by atoms with Crippen molar-refractivity contribution >= 4 is 5.82 Å². The molecule has 1 unspecified atom stereocenters. The van der Waals surface area contributed by atoms with E-state index in [-0.39, 0.29) is 0 Å². The van der Waals surface area contributed by atoms with Crippen LogP contribution in [0.2, 0.25) is 0 Å². The van der Waals surface area contributed by atoms with Crippen LogP contribution < -0.4 is 10.2 Å². The first-order valence-corrected chi connectivity index (χ1v) is 6.67. The topological polar surface area (TPSA) is 50.3 Å². The van der Waals surface area contributed by atoms with Gasteiger partial charge in [-0.3, -0.25) is 0 Å². The van der Waals surface area contributed by atoms with Gasteiger partial charge in [0.15, 0.2) is 0 Å². The summed E-state index contributed by atoms with van der Waals surface area (Å²) >= 11 is 0. The zero-order valence-corrected chi connectivity index (χ0v) is 10.8. The maximum absolute atomic E-state index is 5.41. The summed E-state index contributed by atoms with van der Waals surface area (Å²) in [7, 11) is 1.78. The molecule has 3 rings (SSSR count). The third-order valence-corrected chi connectivity index (χ3v) is 3.70. The second kappa shape index (κ2) is 5.20. The third-order valence-electron chi connectivity index (χ3n) is 3.70. The predicted octanol–water partition coefficient (Wildman–Crippen LogP) is 0.954. The van der Waals surface area contributed by atoms with Crippen LogP contribution in [-0.2, 0) is 11.3 Å². The minimum atomic E-state index is 0.337. The summed E-state index contributed by atoms with van der Waals surface area (Å²) in [5.74, 6) is 1.07. The Hall–Kier alpha value is -1.20. The van der Waals surface area contributed by atoms with E-state index in [9.17, 15) is 0 Å². The van der Waals surface area contributed by atoms with Crippen LogP contribution in [0.3, 0.4) is 0 Å². The zero-order valence-electron chi connectivity index (χ0n) is 10.8. The fourth-order valence-corrected chi connectivity index (χ4v) is 2.42. The normalized spacial score (nSPS) is 23.6. The van der Waals surface area contributed by atoms with Gasteiger partial charge in [0, 0.05) is 44.5 Å². The lowest BCUT2D eigenvalue weighted by Gasteiger charge is -2.20. The molecule has 98 valence electrons. The maximum Gasteiger partial charge on any atom is 0.136 e. The number of nitrogens with one attached hydrogen (secondary N) is 1. The Bertz CT molecular complexity index is 408. The van der Waals surface area contributed by atoms with Gasteiger partial charge in [-0.05, 0) is 19.3 Å². The summed E-state index contributed by atoms with van der Waals surface area (Å²) in [6, 6.07) is 0.711. The molecule has 0 bridgehead atoms. The van der Waals surface area contributed by atoms with Crippen molar-refractivity contribution in [3.8, 4) is 0 Å². The van der Waals surface area contributed by atoms with Gasteiger partial charge in [-0.25, -0.2) is 9.97 Å². The summed E-state index contributed by atoms with van der Waals surface area (Å²) in [5, 5.41) is 3.52. The Morgan fingerprint density at radius 1 is 1.44 bits per heavy atom. The van der Waals surface area contributed by atoms with Gasteiger partial charge in [-0.1, -0.05) is 0 Å². The van der Waals surface area contributed by atoms with Crippen molar-refractivity contribution in [3.63, 3.8) is 0 Å². The van der Waals surface area contributed by atoms with E-state index in [0.717, 1.165) is 31.9 Å². The number of methoxy groups -OCH3 is 1. The van der Waals surface area contributed by atoms with Crippen molar-refractivity contribution in [2.24, 2.45) is 0 Å². The molecule has 1 atom stereocenters. The molecule has 1 aliphatic carbocycles. The van der Waals surface area contributed by atoms with Crippen molar-refractivity contribution in [1.29, 1.82) is 0 Å². The Morgan fingerprint density at radius 2 is 2.33 bits per heavy atom. The highest BCUT2D eigenvalue weighted by atomic mass is 16.5. The highest BCUT2D eigenvalue weighted by Crippen LogP contribution is 2.24. The second-order valence-electron chi connectivity index (χ2n) is 5.12. The van der Waals surface area contributed by atoms with E-state index in [1.54, 1.807) is 13.4 Å². The standard InChI is InChI=1S/C13H20N4O/c1-18-12-4-5-17(8-12)13-10(6-14-9-16-13)7-15-11-2-3-11/h6,9,11-12,15H,2-5,7-8H2,1H3. The summed E-state index contributed by atoms with van der Waals surface area (Å²) in [5.41, 5.74) is 1.20. The number of ether oxygens (including phenoxy) is 1. The Balaban J connectivity index is 1.69. The van der Waals surface area contributed by atoms with E-state index in [4.69, 9.17) is 4.74 Å². The van der Waals surface area contributed by atoms with Gasteiger partial charge in [0.25, 0.3) is 0 Å². The molecule has 0 spiro atoms. The summed E-state index contributed by atoms with van der Waals surface area (Å²) < 4.78 is 5.41. The lowest BCUT2D eigenvalue weighted by molar-refractivity contribution is 0.121. The van der Waals surface area contributed by atoms with Crippen LogP contribution in [0.1, 0.15) is 24.8 Å². The minimum absolute atomic E-state index is 0.337. The number of anilines is 1. The van der Waals surface area contributed by atoms with Crippen LogP contribution >= 0.6 is 0 Å². The first-order chi connectivity index (χ1) is 8.86. The number of hydrogen-bond acceptors (Lipinski definition) is 5. The van der Waals surface area contributed by atoms with Crippen molar-refractivity contribution in [1.82, 2.24) is 15.3 Å². The number of hydrogen-bond donors (Lipinski definition) is 1. The number of aromatic nitrogens is 2. The summed E-state index contributed by atoms with van der Waals surface area (Å²) in [4.78, 5) is 10.9. The zero-order chi connectivity index (χ0) is 12.4. The lowest BCUT2D eigenvalue weighted by Crippen LogP contribution is -2.26. The van der Waals surface area contributed by atoms with Crippen LogP contribution in [0, 0.1) is 0 Å². The molecule has 1 saturated heterocycles. The molecular formula is C13H20N4O. The van der Waals surface area contributed by atoms with Gasteiger partial charge < -0.3 is 15.0 Å². The van der Waals surface area contributed by atoms with Crippen LogP contribution in [-0.4, -0.2) is 42.3 Å². The highest BCUT2D eigenvalue weighted by Gasteiger charge is 2.26. The molecular weight excluding hydrogens is 228 g/mol. The van der Waals surface area contributed by atoms with Gasteiger partial charge in [0.2, 0.25) is 0 Å². The smallest absolute Gasteiger partial charge is 0.136 e. The number of rotatable bonds is 5.